The second-order valence-corrected chi connectivity index (χ2v) is 9.77. The van der Waals surface area contributed by atoms with Crippen LogP contribution in [0.4, 0.5) is 9.52 Å². The van der Waals surface area contributed by atoms with Gasteiger partial charge in [-0.2, -0.15) is 0 Å². The average Bonchev–Trinajstić information content (AvgIpc) is 3.47. The van der Waals surface area contributed by atoms with E-state index in [2.05, 4.69) is 17.1 Å². The molecule has 0 aliphatic carbocycles. The van der Waals surface area contributed by atoms with Crippen molar-refractivity contribution < 1.29 is 23.1 Å². The minimum atomic E-state index is -0.868. The highest BCUT2D eigenvalue weighted by molar-refractivity contribution is 7.15. The van der Waals surface area contributed by atoms with Crippen LogP contribution in [0.3, 0.4) is 0 Å². The van der Waals surface area contributed by atoms with Gasteiger partial charge in [0.2, 0.25) is 10.9 Å². The number of rotatable bonds is 9. The Morgan fingerprint density at radius 3 is 2.68 bits per heavy atom. The number of anilines is 1. The van der Waals surface area contributed by atoms with Crippen LogP contribution < -0.4 is 19.8 Å². The summed E-state index contributed by atoms with van der Waals surface area (Å²) in [6, 6.07) is 8.09. The van der Waals surface area contributed by atoms with Gasteiger partial charge in [-0.25, -0.2) is 4.39 Å². The number of hydrogen-bond donors (Lipinski definition) is 0. The van der Waals surface area contributed by atoms with E-state index in [1.54, 1.807) is 18.2 Å². The van der Waals surface area contributed by atoms with Crippen LogP contribution in [0.5, 0.6) is 11.5 Å². The fourth-order valence-corrected chi connectivity index (χ4v) is 5.38. The molecule has 1 aliphatic heterocycles. The number of hydrogen-bond acceptors (Lipinski definition) is 8. The Morgan fingerprint density at radius 1 is 1.08 bits per heavy atom. The van der Waals surface area contributed by atoms with Gasteiger partial charge in [0.15, 0.2) is 16.9 Å². The van der Waals surface area contributed by atoms with Gasteiger partial charge < -0.3 is 13.9 Å². The summed E-state index contributed by atoms with van der Waals surface area (Å²) in [5.74, 6) is -0.145. The molecule has 1 amide bonds. The highest BCUT2D eigenvalue weighted by Crippen LogP contribution is 2.44. The third-order valence-corrected chi connectivity index (χ3v) is 7.20. The van der Waals surface area contributed by atoms with Gasteiger partial charge >= 0.3 is 0 Å². The third-order valence-electron chi connectivity index (χ3n) is 6.22. The van der Waals surface area contributed by atoms with Crippen LogP contribution in [-0.2, 0) is 6.42 Å². The van der Waals surface area contributed by atoms with Crippen LogP contribution >= 0.6 is 11.3 Å². The number of carbonyl (C=O) groups is 1. The lowest BCUT2D eigenvalue weighted by atomic mass is 9.98. The smallest absolute Gasteiger partial charge is 0.297 e. The maximum absolute atomic E-state index is 14.0. The predicted octanol–water partition coefficient (Wildman–Crippen LogP) is 5.67. The molecule has 3 heterocycles. The highest BCUT2D eigenvalue weighted by atomic mass is 32.1. The number of aromatic nitrogens is 2. The normalized spacial score (nSPS) is 14.9. The van der Waals surface area contributed by atoms with E-state index in [9.17, 15) is 14.0 Å². The number of benzene rings is 2. The molecule has 0 bridgehead atoms. The molecule has 0 radical (unpaired) electrons. The Balaban J connectivity index is 1.69. The Hall–Kier alpha value is -3.79. The fraction of sp³-hybridized carbons (Fsp3) is 0.333. The molecule has 192 valence electrons. The number of halogens is 1. The minimum Gasteiger partial charge on any atom is -0.493 e. The quantitative estimate of drug-likeness (QED) is 0.261. The van der Waals surface area contributed by atoms with Crippen molar-refractivity contribution in [2.45, 2.75) is 45.6 Å². The number of carbonyl (C=O) groups excluding carboxylic acids is 1. The summed E-state index contributed by atoms with van der Waals surface area (Å²) in [6.45, 7) is 4.65. The largest absolute Gasteiger partial charge is 0.493 e. The van der Waals surface area contributed by atoms with E-state index in [0.717, 1.165) is 36.8 Å². The molecule has 0 saturated carbocycles. The zero-order chi connectivity index (χ0) is 26.1. The maximum Gasteiger partial charge on any atom is 0.297 e. The van der Waals surface area contributed by atoms with Crippen LogP contribution in [0.2, 0.25) is 0 Å². The summed E-state index contributed by atoms with van der Waals surface area (Å²) < 4.78 is 31.4. The highest BCUT2D eigenvalue weighted by Gasteiger charge is 2.45. The molecular formula is C27H26FN3O5S. The van der Waals surface area contributed by atoms with E-state index >= 15 is 0 Å². The van der Waals surface area contributed by atoms with Crippen molar-refractivity contribution in [3.63, 3.8) is 0 Å². The van der Waals surface area contributed by atoms with E-state index in [4.69, 9.17) is 13.9 Å². The molecule has 0 saturated heterocycles. The van der Waals surface area contributed by atoms with Gasteiger partial charge in [-0.3, -0.25) is 14.5 Å². The molecule has 0 fully saturated rings. The van der Waals surface area contributed by atoms with E-state index in [1.807, 2.05) is 6.92 Å². The number of methoxy groups -OCH3 is 1. The first-order valence-corrected chi connectivity index (χ1v) is 13.0. The van der Waals surface area contributed by atoms with Gasteiger partial charge in [-0.05, 0) is 48.7 Å². The van der Waals surface area contributed by atoms with Crippen molar-refractivity contribution in [2.75, 3.05) is 18.6 Å². The van der Waals surface area contributed by atoms with Gasteiger partial charge in [0, 0.05) is 6.42 Å². The van der Waals surface area contributed by atoms with Crippen LogP contribution in [-0.4, -0.2) is 29.8 Å². The first kappa shape index (κ1) is 24.9. The fourth-order valence-electron chi connectivity index (χ4n) is 4.41. The molecule has 0 N–H and O–H groups in total. The number of unbranched alkanes of at least 4 members (excludes halogenated alkanes) is 1. The Bertz CT molecular complexity index is 1530. The molecule has 2 aromatic heterocycles. The van der Waals surface area contributed by atoms with Crippen molar-refractivity contribution in [3.8, 4) is 11.5 Å². The Labute approximate surface area is 216 Å². The van der Waals surface area contributed by atoms with E-state index in [-0.39, 0.29) is 22.3 Å². The lowest BCUT2D eigenvalue weighted by Gasteiger charge is -2.23. The molecule has 1 atom stereocenters. The summed E-state index contributed by atoms with van der Waals surface area (Å²) in [7, 11) is 1.53. The maximum atomic E-state index is 14.0. The Kier molecular flexibility index (Phi) is 6.92. The van der Waals surface area contributed by atoms with E-state index in [0.29, 0.717) is 28.8 Å². The summed E-state index contributed by atoms with van der Waals surface area (Å²) in [6.07, 6.45) is 3.47. The van der Waals surface area contributed by atoms with Gasteiger partial charge in [0.25, 0.3) is 5.91 Å². The van der Waals surface area contributed by atoms with E-state index < -0.39 is 23.2 Å². The van der Waals surface area contributed by atoms with Gasteiger partial charge in [-0.1, -0.05) is 37.7 Å². The van der Waals surface area contributed by atoms with Gasteiger partial charge in [-0.15, -0.1) is 10.2 Å². The average molecular weight is 524 g/mol. The molecule has 5 rings (SSSR count). The van der Waals surface area contributed by atoms with Crippen molar-refractivity contribution in [1.29, 1.82) is 0 Å². The second-order valence-electron chi connectivity index (χ2n) is 8.73. The Morgan fingerprint density at radius 2 is 1.92 bits per heavy atom. The standard InChI is InChI=1S/C27H26FN3O5S/c1-4-6-12-35-19-10-8-15(13-20(19)34-3)23-22-24(32)17-14-16(28)9-11-18(17)36-25(22)26(33)31(23)27-30-29-21(37-27)7-5-2/h8-11,13-14,23H,4-7,12H2,1-3H3. The SMILES string of the molecule is CCCCOc1ccc(C2c3c(oc4ccc(F)cc4c3=O)C(=O)N2c2nnc(CCC)s2)cc1OC. The molecule has 8 nitrogen and oxygen atoms in total. The molecule has 2 aromatic carbocycles. The first-order valence-electron chi connectivity index (χ1n) is 12.2. The third kappa shape index (κ3) is 4.46. The van der Waals surface area contributed by atoms with Crippen LogP contribution in [0.15, 0.2) is 45.6 Å². The minimum absolute atomic E-state index is 0.0637. The zero-order valence-electron chi connectivity index (χ0n) is 20.7. The summed E-state index contributed by atoms with van der Waals surface area (Å²) in [5.41, 5.74) is 0.386. The van der Waals surface area contributed by atoms with E-state index in [1.165, 1.54) is 35.5 Å². The molecule has 10 heteroatoms. The van der Waals surface area contributed by atoms with Crippen molar-refractivity contribution in [3.05, 3.63) is 74.3 Å². The molecule has 0 spiro atoms. The lowest BCUT2D eigenvalue weighted by Crippen LogP contribution is -2.29. The molecule has 1 aliphatic rings. The summed E-state index contributed by atoms with van der Waals surface area (Å²) in [5, 5.41) is 9.68. The van der Waals surface area contributed by atoms with Crippen molar-refractivity contribution in [1.82, 2.24) is 10.2 Å². The number of ether oxygens (including phenoxy) is 2. The zero-order valence-corrected chi connectivity index (χ0v) is 21.6. The van der Waals surface area contributed by atoms with Crippen molar-refractivity contribution >= 4 is 33.3 Å². The van der Waals surface area contributed by atoms with Crippen molar-refractivity contribution in [2.24, 2.45) is 0 Å². The topological polar surface area (TPSA) is 94.8 Å². The molecule has 37 heavy (non-hydrogen) atoms. The summed E-state index contributed by atoms with van der Waals surface area (Å²) in [4.78, 5) is 28.8. The van der Waals surface area contributed by atoms with Gasteiger partial charge in [0.05, 0.1) is 30.7 Å². The number of nitrogens with zero attached hydrogens (tertiary/aromatic N) is 3. The van der Waals surface area contributed by atoms with Crippen LogP contribution in [0.1, 0.15) is 65.8 Å². The van der Waals surface area contributed by atoms with Crippen LogP contribution in [0, 0.1) is 5.82 Å². The monoisotopic (exact) mass is 523 g/mol. The number of aryl methyl sites for hydroxylation is 1. The molecular weight excluding hydrogens is 497 g/mol. The molecule has 1 unspecified atom stereocenters. The predicted molar refractivity (Wildman–Crippen MR) is 138 cm³/mol. The van der Waals surface area contributed by atoms with Gasteiger partial charge in [0.1, 0.15) is 16.4 Å². The summed E-state index contributed by atoms with van der Waals surface area (Å²) >= 11 is 1.29. The second kappa shape index (κ2) is 10.3. The van der Waals surface area contributed by atoms with Crippen LogP contribution in [0.25, 0.3) is 11.0 Å². The number of fused-ring (bicyclic) bond motifs is 2. The molecule has 4 aromatic rings. The lowest BCUT2D eigenvalue weighted by molar-refractivity contribution is 0.0970. The number of amides is 1. The first-order chi connectivity index (χ1) is 18.0.